The average Bonchev–Trinajstić information content (AvgIpc) is 3.37. The predicted molar refractivity (Wildman–Crippen MR) is 114 cm³/mol. The van der Waals surface area contributed by atoms with Crippen molar-refractivity contribution >= 4 is 34.4 Å². The largest absolute Gasteiger partial charge is 0.467 e. The molecule has 4 aromatic rings. The maximum absolute atomic E-state index is 13.0. The van der Waals surface area contributed by atoms with E-state index in [0.29, 0.717) is 22.0 Å². The van der Waals surface area contributed by atoms with E-state index in [-0.39, 0.29) is 23.5 Å². The Morgan fingerprint density at radius 3 is 2.66 bits per heavy atom. The Morgan fingerprint density at radius 2 is 2.00 bits per heavy atom. The average molecular weight is 462 g/mol. The third kappa shape index (κ3) is 4.72. The molecule has 7 nitrogen and oxygen atoms in total. The fourth-order valence-corrected chi connectivity index (χ4v) is 3.89. The first kappa shape index (κ1) is 21.8. The van der Waals surface area contributed by atoms with Gasteiger partial charge in [-0.25, -0.2) is 4.98 Å². The zero-order chi connectivity index (χ0) is 22.9. The van der Waals surface area contributed by atoms with E-state index in [0.717, 1.165) is 29.6 Å². The number of fused-ring (bicyclic) bond motifs is 1. The molecule has 0 radical (unpaired) electrons. The Balaban J connectivity index is 1.53. The number of carbonyl (C=O) groups is 1. The van der Waals surface area contributed by atoms with Crippen molar-refractivity contribution in [2.75, 3.05) is 11.1 Å². The SMILES string of the molecule is Cc1cc2nc(SCC(=O)Nc3ccc(C(F)(F)F)cc3)n(Cc3ccco3)c(=O)c2[nH]1. The van der Waals surface area contributed by atoms with Crippen LogP contribution in [0.4, 0.5) is 18.9 Å². The van der Waals surface area contributed by atoms with Gasteiger partial charge in [0.15, 0.2) is 5.16 Å². The van der Waals surface area contributed by atoms with Crippen molar-refractivity contribution < 1.29 is 22.4 Å². The number of aromatic nitrogens is 3. The van der Waals surface area contributed by atoms with E-state index in [1.165, 1.54) is 23.0 Å². The van der Waals surface area contributed by atoms with Crippen molar-refractivity contribution in [3.05, 3.63) is 76.1 Å². The van der Waals surface area contributed by atoms with Gasteiger partial charge in [-0.1, -0.05) is 11.8 Å². The Kier molecular flexibility index (Phi) is 5.83. The number of aromatic amines is 1. The number of thioether (sulfide) groups is 1. The quantitative estimate of drug-likeness (QED) is 0.327. The molecular formula is C21H17F3N4O3S. The van der Waals surface area contributed by atoms with Gasteiger partial charge in [0, 0.05) is 11.4 Å². The van der Waals surface area contributed by atoms with Crippen LogP contribution in [-0.2, 0) is 17.5 Å². The second-order valence-corrected chi connectivity index (χ2v) is 7.93. The normalized spacial score (nSPS) is 11.8. The highest BCUT2D eigenvalue weighted by Gasteiger charge is 2.30. The van der Waals surface area contributed by atoms with E-state index in [9.17, 15) is 22.8 Å². The number of nitrogens with one attached hydrogen (secondary N) is 2. The summed E-state index contributed by atoms with van der Waals surface area (Å²) in [5.74, 6) is 0.00653. The fraction of sp³-hybridized carbons (Fsp3) is 0.190. The van der Waals surface area contributed by atoms with E-state index in [1.54, 1.807) is 18.2 Å². The third-order valence-electron chi connectivity index (χ3n) is 4.56. The van der Waals surface area contributed by atoms with Crippen LogP contribution in [0.15, 0.2) is 63.1 Å². The summed E-state index contributed by atoms with van der Waals surface area (Å²) >= 11 is 1.05. The Morgan fingerprint density at radius 1 is 1.25 bits per heavy atom. The number of carbonyl (C=O) groups excluding carboxylic acids is 1. The van der Waals surface area contributed by atoms with E-state index < -0.39 is 17.6 Å². The lowest BCUT2D eigenvalue weighted by Crippen LogP contribution is -2.24. The van der Waals surface area contributed by atoms with Gasteiger partial charge in [0.25, 0.3) is 5.56 Å². The van der Waals surface area contributed by atoms with Gasteiger partial charge in [-0.05, 0) is 49.4 Å². The number of H-pyrrole nitrogens is 1. The molecule has 2 N–H and O–H groups in total. The zero-order valence-corrected chi connectivity index (χ0v) is 17.5. The van der Waals surface area contributed by atoms with Gasteiger partial charge in [0.2, 0.25) is 5.91 Å². The third-order valence-corrected chi connectivity index (χ3v) is 5.54. The predicted octanol–water partition coefficient (Wildman–Crippen LogP) is 4.42. The first-order chi connectivity index (χ1) is 15.2. The van der Waals surface area contributed by atoms with E-state index in [1.807, 2.05) is 6.92 Å². The van der Waals surface area contributed by atoms with Crippen LogP contribution in [0.5, 0.6) is 0 Å². The number of alkyl halides is 3. The van der Waals surface area contributed by atoms with Crippen LogP contribution >= 0.6 is 11.8 Å². The monoisotopic (exact) mass is 462 g/mol. The molecule has 0 spiro atoms. The lowest BCUT2D eigenvalue weighted by Gasteiger charge is -2.11. The smallest absolute Gasteiger partial charge is 0.416 e. The highest BCUT2D eigenvalue weighted by molar-refractivity contribution is 7.99. The maximum atomic E-state index is 13.0. The molecule has 0 saturated heterocycles. The van der Waals surface area contributed by atoms with E-state index >= 15 is 0 Å². The Bertz CT molecular complexity index is 1310. The Labute approximate surface area is 183 Å². The molecule has 32 heavy (non-hydrogen) atoms. The molecule has 1 aromatic carbocycles. The summed E-state index contributed by atoms with van der Waals surface area (Å²) < 4.78 is 44.8. The van der Waals surface area contributed by atoms with Gasteiger partial charge in [-0.15, -0.1) is 0 Å². The summed E-state index contributed by atoms with van der Waals surface area (Å²) in [7, 11) is 0. The van der Waals surface area contributed by atoms with Gasteiger partial charge in [0.1, 0.15) is 11.3 Å². The van der Waals surface area contributed by atoms with Crippen LogP contribution in [0.25, 0.3) is 11.0 Å². The Hall–Kier alpha value is -3.47. The summed E-state index contributed by atoms with van der Waals surface area (Å²) in [6, 6.07) is 9.33. The summed E-state index contributed by atoms with van der Waals surface area (Å²) in [6.07, 6.45) is -2.95. The fourth-order valence-electron chi connectivity index (χ4n) is 3.09. The number of hydrogen-bond donors (Lipinski definition) is 2. The standard InChI is InChI=1S/C21H17F3N4O3S/c1-12-9-16-18(25-12)19(30)28(10-15-3-2-8-31-15)20(27-16)32-11-17(29)26-14-6-4-13(5-7-14)21(22,23)24/h2-9,25H,10-11H2,1H3,(H,26,29). The van der Waals surface area contributed by atoms with Crippen molar-refractivity contribution in [1.29, 1.82) is 0 Å². The first-order valence-corrected chi connectivity index (χ1v) is 10.4. The van der Waals surface area contributed by atoms with E-state index in [2.05, 4.69) is 15.3 Å². The molecule has 166 valence electrons. The second-order valence-electron chi connectivity index (χ2n) is 6.99. The summed E-state index contributed by atoms with van der Waals surface area (Å²) in [6.45, 7) is 1.94. The van der Waals surface area contributed by atoms with Crippen LogP contribution < -0.4 is 10.9 Å². The second kappa shape index (κ2) is 8.58. The number of anilines is 1. The molecule has 0 atom stereocenters. The maximum Gasteiger partial charge on any atom is 0.416 e. The highest BCUT2D eigenvalue weighted by Crippen LogP contribution is 2.30. The summed E-state index contributed by atoms with van der Waals surface area (Å²) in [4.78, 5) is 32.8. The molecule has 4 rings (SSSR count). The number of halogens is 3. The van der Waals surface area contributed by atoms with Crippen LogP contribution in [-0.4, -0.2) is 26.2 Å². The molecule has 1 amide bonds. The van der Waals surface area contributed by atoms with Crippen molar-refractivity contribution in [2.45, 2.75) is 24.8 Å². The number of aryl methyl sites for hydroxylation is 1. The molecular weight excluding hydrogens is 445 g/mol. The zero-order valence-electron chi connectivity index (χ0n) is 16.7. The molecule has 0 aliphatic carbocycles. The number of benzene rings is 1. The minimum absolute atomic E-state index is 0.0967. The molecule has 11 heteroatoms. The van der Waals surface area contributed by atoms with Crippen LogP contribution in [0.3, 0.4) is 0 Å². The number of nitrogens with zero attached hydrogens (tertiary/aromatic N) is 2. The highest BCUT2D eigenvalue weighted by atomic mass is 32.2. The van der Waals surface area contributed by atoms with Crippen LogP contribution in [0.2, 0.25) is 0 Å². The van der Waals surface area contributed by atoms with Gasteiger partial charge >= 0.3 is 6.18 Å². The number of hydrogen-bond acceptors (Lipinski definition) is 5. The molecule has 0 fully saturated rings. The minimum Gasteiger partial charge on any atom is -0.467 e. The number of furan rings is 1. The lowest BCUT2D eigenvalue weighted by molar-refractivity contribution is -0.137. The van der Waals surface area contributed by atoms with Crippen LogP contribution in [0, 0.1) is 6.92 Å². The molecule has 0 saturated carbocycles. The van der Waals surface area contributed by atoms with E-state index in [4.69, 9.17) is 4.42 Å². The molecule has 0 unspecified atom stereocenters. The van der Waals surface area contributed by atoms with Crippen molar-refractivity contribution in [3.8, 4) is 0 Å². The van der Waals surface area contributed by atoms with Gasteiger partial charge < -0.3 is 14.7 Å². The molecule has 3 aromatic heterocycles. The first-order valence-electron chi connectivity index (χ1n) is 9.43. The molecule has 0 aliphatic rings. The van der Waals surface area contributed by atoms with Crippen molar-refractivity contribution in [3.63, 3.8) is 0 Å². The lowest BCUT2D eigenvalue weighted by atomic mass is 10.2. The van der Waals surface area contributed by atoms with Gasteiger partial charge in [-0.3, -0.25) is 14.2 Å². The minimum atomic E-state index is -4.45. The summed E-state index contributed by atoms with van der Waals surface area (Å²) in [5, 5.41) is 2.86. The van der Waals surface area contributed by atoms with Gasteiger partial charge in [-0.2, -0.15) is 13.2 Å². The van der Waals surface area contributed by atoms with Crippen molar-refractivity contribution in [1.82, 2.24) is 14.5 Å². The molecule has 0 aliphatic heterocycles. The number of rotatable bonds is 6. The number of amides is 1. The topological polar surface area (TPSA) is 92.9 Å². The van der Waals surface area contributed by atoms with Gasteiger partial charge in [0.05, 0.1) is 29.6 Å². The summed E-state index contributed by atoms with van der Waals surface area (Å²) in [5.41, 5.74) is 0.746. The molecule has 3 heterocycles. The van der Waals surface area contributed by atoms with Crippen molar-refractivity contribution in [2.24, 2.45) is 0 Å². The molecule has 0 bridgehead atoms. The van der Waals surface area contributed by atoms with Crippen LogP contribution in [0.1, 0.15) is 17.0 Å².